The van der Waals surface area contributed by atoms with Crippen LogP contribution < -0.4 is 11.2 Å². The highest BCUT2D eigenvalue weighted by atomic mass is 16.2. The van der Waals surface area contributed by atoms with Gasteiger partial charge in [-0.3, -0.25) is 18.8 Å². The zero-order valence-electron chi connectivity index (χ0n) is 11.2. The van der Waals surface area contributed by atoms with Crippen LogP contribution in [0.3, 0.4) is 0 Å². The van der Waals surface area contributed by atoms with E-state index in [1.54, 1.807) is 22.5 Å². The first-order chi connectivity index (χ1) is 9.09. The van der Waals surface area contributed by atoms with Crippen molar-refractivity contribution in [2.75, 3.05) is 13.1 Å². The van der Waals surface area contributed by atoms with Crippen molar-refractivity contribution >= 4 is 11.2 Å². The Hall–Kier alpha value is -1.89. The van der Waals surface area contributed by atoms with Gasteiger partial charge in [0.15, 0.2) is 11.2 Å². The Labute approximate surface area is 109 Å². The third kappa shape index (κ3) is 1.81. The van der Waals surface area contributed by atoms with E-state index in [1.165, 1.54) is 7.05 Å². The van der Waals surface area contributed by atoms with Crippen molar-refractivity contribution in [2.45, 2.75) is 19.5 Å². The van der Waals surface area contributed by atoms with Crippen molar-refractivity contribution in [1.29, 1.82) is 0 Å². The summed E-state index contributed by atoms with van der Waals surface area (Å²) in [6.45, 7) is 2.48. The van der Waals surface area contributed by atoms with E-state index in [4.69, 9.17) is 0 Å². The van der Waals surface area contributed by atoms with Crippen molar-refractivity contribution in [1.82, 2.24) is 23.6 Å². The highest BCUT2D eigenvalue weighted by Gasteiger charge is 2.18. The summed E-state index contributed by atoms with van der Waals surface area (Å²) in [4.78, 5) is 30.8. The van der Waals surface area contributed by atoms with Gasteiger partial charge in [-0.2, -0.15) is 0 Å². The molecule has 0 atom stereocenters. The minimum absolute atomic E-state index is 0.294. The number of likely N-dealkylation sites (tertiary alicyclic amines) is 1. The molecule has 3 heterocycles. The van der Waals surface area contributed by atoms with Crippen LogP contribution in [0.5, 0.6) is 0 Å². The second-order valence-electron chi connectivity index (χ2n) is 5.07. The molecule has 0 amide bonds. The highest BCUT2D eigenvalue weighted by Crippen LogP contribution is 2.10. The molecular formula is C12H17N5O2. The Kier molecular flexibility index (Phi) is 2.78. The molecule has 0 saturated carbocycles. The topological polar surface area (TPSA) is 65.1 Å². The van der Waals surface area contributed by atoms with Crippen LogP contribution >= 0.6 is 0 Å². The second kappa shape index (κ2) is 4.34. The normalized spacial score (nSPS) is 16.5. The molecule has 1 saturated heterocycles. The van der Waals surface area contributed by atoms with E-state index in [2.05, 4.69) is 9.88 Å². The van der Waals surface area contributed by atoms with Crippen LogP contribution in [-0.2, 0) is 20.8 Å². The first kappa shape index (κ1) is 12.2. The molecule has 2 aromatic rings. The molecule has 1 aliphatic rings. The Balaban J connectivity index is 2.22. The maximum Gasteiger partial charge on any atom is 0.333 e. The molecule has 7 nitrogen and oxygen atoms in total. The molecule has 0 unspecified atom stereocenters. The Bertz CT molecular complexity index is 733. The summed E-state index contributed by atoms with van der Waals surface area (Å²) in [5.74, 6) is 0. The average Bonchev–Trinajstić information content (AvgIpc) is 3.01. The summed E-state index contributed by atoms with van der Waals surface area (Å²) in [5, 5.41) is 0. The molecule has 0 radical (unpaired) electrons. The summed E-state index contributed by atoms with van der Waals surface area (Å²) in [5.41, 5.74) is 0.351. The fraction of sp³-hybridized carbons (Fsp3) is 0.583. The van der Waals surface area contributed by atoms with Gasteiger partial charge in [-0.1, -0.05) is 0 Å². The Morgan fingerprint density at radius 2 is 1.89 bits per heavy atom. The molecule has 0 bridgehead atoms. The maximum absolute atomic E-state index is 12.3. The van der Waals surface area contributed by atoms with E-state index < -0.39 is 0 Å². The molecule has 0 spiro atoms. The molecule has 0 aromatic carbocycles. The first-order valence-electron chi connectivity index (χ1n) is 6.43. The number of imidazole rings is 1. The third-order valence-electron chi connectivity index (χ3n) is 3.74. The van der Waals surface area contributed by atoms with Gasteiger partial charge >= 0.3 is 5.69 Å². The number of aromatic nitrogens is 4. The standard InChI is InChI=1S/C12H17N5O2/c1-14-7-13-10-9(14)11(18)15(2)12(19)17(10)8-16-5-3-4-6-16/h7H,3-6,8H2,1-2H3. The smallest absolute Gasteiger partial charge is 0.328 e. The number of nitrogens with zero attached hydrogens (tertiary/aromatic N) is 5. The lowest BCUT2D eigenvalue weighted by atomic mass is 10.4. The van der Waals surface area contributed by atoms with Gasteiger partial charge in [-0.15, -0.1) is 0 Å². The molecule has 3 rings (SSSR count). The van der Waals surface area contributed by atoms with Gasteiger partial charge < -0.3 is 4.57 Å². The Morgan fingerprint density at radius 3 is 2.58 bits per heavy atom. The van der Waals surface area contributed by atoms with Crippen molar-refractivity contribution in [2.24, 2.45) is 14.1 Å². The first-order valence-corrected chi connectivity index (χ1v) is 6.43. The molecule has 0 aliphatic carbocycles. The van der Waals surface area contributed by atoms with Gasteiger partial charge in [0, 0.05) is 14.1 Å². The summed E-state index contributed by atoms with van der Waals surface area (Å²) in [7, 11) is 3.28. The predicted molar refractivity (Wildman–Crippen MR) is 71.0 cm³/mol. The van der Waals surface area contributed by atoms with Gasteiger partial charge in [0.2, 0.25) is 0 Å². The zero-order valence-corrected chi connectivity index (χ0v) is 11.2. The van der Waals surface area contributed by atoms with Crippen LogP contribution in [0.4, 0.5) is 0 Å². The van der Waals surface area contributed by atoms with E-state index in [9.17, 15) is 9.59 Å². The third-order valence-corrected chi connectivity index (χ3v) is 3.74. The van der Waals surface area contributed by atoms with E-state index in [-0.39, 0.29) is 11.2 Å². The highest BCUT2D eigenvalue weighted by molar-refractivity contribution is 5.69. The maximum atomic E-state index is 12.3. The molecule has 0 N–H and O–H groups in total. The molecule has 1 aliphatic heterocycles. The monoisotopic (exact) mass is 263 g/mol. The fourth-order valence-corrected chi connectivity index (χ4v) is 2.63. The van der Waals surface area contributed by atoms with E-state index in [0.717, 1.165) is 30.5 Å². The lowest BCUT2D eigenvalue weighted by Crippen LogP contribution is -2.41. The SMILES string of the molecule is Cn1c(=O)c2c(ncn2C)n(CN2CCCC2)c1=O. The van der Waals surface area contributed by atoms with Gasteiger partial charge in [0.05, 0.1) is 13.0 Å². The minimum atomic E-state index is -0.303. The number of rotatable bonds is 2. The quantitative estimate of drug-likeness (QED) is 0.732. The van der Waals surface area contributed by atoms with Gasteiger partial charge in [0.1, 0.15) is 0 Å². The van der Waals surface area contributed by atoms with Crippen LogP contribution in [0.2, 0.25) is 0 Å². The van der Waals surface area contributed by atoms with E-state index >= 15 is 0 Å². The number of hydrogen-bond acceptors (Lipinski definition) is 4. The van der Waals surface area contributed by atoms with Crippen molar-refractivity contribution in [3.05, 3.63) is 27.2 Å². The summed E-state index contributed by atoms with van der Waals surface area (Å²) >= 11 is 0. The van der Waals surface area contributed by atoms with Crippen LogP contribution in [0.1, 0.15) is 12.8 Å². The molecule has 102 valence electrons. The summed E-state index contributed by atoms with van der Waals surface area (Å²) in [6, 6.07) is 0. The van der Waals surface area contributed by atoms with Crippen LogP contribution in [0.25, 0.3) is 11.2 Å². The predicted octanol–water partition coefficient (Wildman–Crippen LogP) is -0.513. The number of aryl methyl sites for hydroxylation is 1. The van der Waals surface area contributed by atoms with Crippen LogP contribution in [-0.4, -0.2) is 36.7 Å². The summed E-state index contributed by atoms with van der Waals surface area (Å²) < 4.78 is 4.40. The molecule has 19 heavy (non-hydrogen) atoms. The summed E-state index contributed by atoms with van der Waals surface area (Å²) in [6.07, 6.45) is 3.89. The molecule has 1 fully saturated rings. The lowest BCUT2D eigenvalue weighted by molar-refractivity contribution is 0.266. The van der Waals surface area contributed by atoms with Gasteiger partial charge in [0.25, 0.3) is 5.56 Å². The number of hydrogen-bond donors (Lipinski definition) is 0. The minimum Gasteiger partial charge on any atom is -0.328 e. The van der Waals surface area contributed by atoms with Crippen LogP contribution in [0.15, 0.2) is 15.9 Å². The second-order valence-corrected chi connectivity index (χ2v) is 5.07. The fourth-order valence-electron chi connectivity index (χ4n) is 2.63. The average molecular weight is 263 g/mol. The largest absolute Gasteiger partial charge is 0.333 e. The zero-order chi connectivity index (χ0) is 13.6. The van der Waals surface area contributed by atoms with E-state index in [1.807, 2.05) is 0 Å². The van der Waals surface area contributed by atoms with Gasteiger partial charge in [-0.25, -0.2) is 9.78 Å². The van der Waals surface area contributed by atoms with Crippen molar-refractivity contribution in [3.63, 3.8) is 0 Å². The van der Waals surface area contributed by atoms with Gasteiger partial charge in [-0.05, 0) is 25.9 Å². The van der Waals surface area contributed by atoms with E-state index in [0.29, 0.717) is 17.8 Å². The molecular weight excluding hydrogens is 246 g/mol. The lowest BCUT2D eigenvalue weighted by Gasteiger charge is -2.17. The number of fused-ring (bicyclic) bond motifs is 1. The van der Waals surface area contributed by atoms with Crippen LogP contribution in [0, 0.1) is 0 Å². The van der Waals surface area contributed by atoms with Crippen molar-refractivity contribution in [3.8, 4) is 0 Å². The molecule has 2 aromatic heterocycles. The molecule has 7 heteroatoms. The van der Waals surface area contributed by atoms with Crippen molar-refractivity contribution < 1.29 is 0 Å². The Morgan fingerprint density at radius 1 is 1.21 bits per heavy atom.